The molecule has 0 unspecified atom stereocenters. The molecule has 0 bridgehead atoms. The van der Waals surface area contributed by atoms with Crippen molar-refractivity contribution in [2.75, 3.05) is 6.61 Å². The Bertz CT molecular complexity index is 715. The first-order chi connectivity index (χ1) is 10.6. The Labute approximate surface area is 140 Å². The minimum absolute atomic E-state index is 0.340. The van der Waals surface area contributed by atoms with E-state index in [-0.39, 0.29) is 5.91 Å². The fourth-order valence-electron chi connectivity index (χ4n) is 1.55. The number of hydrogen-bond donors (Lipinski definition) is 1. The van der Waals surface area contributed by atoms with Crippen LogP contribution in [0.1, 0.15) is 20.9 Å². The highest BCUT2D eigenvalue weighted by molar-refractivity contribution is 9.10. The van der Waals surface area contributed by atoms with Gasteiger partial charge >= 0.3 is 0 Å². The minimum atomic E-state index is -0.340. The molecule has 2 rings (SSSR count). The Morgan fingerprint density at radius 1 is 1.59 bits per heavy atom. The molecule has 1 aromatic carbocycles. The predicted molar refractivity (Wildman–Crippen MR) is 89.5 cm³/mol. The highest BCUT2D eigenvalue weighted by Crippen LogP contribution is 2.21. The van der Waals surface area contributed by atoms with Crippen LogP contribution in [0.15, 0.2) is 40.4 Å². The summed E-state index contributed by atoms with van der Waals surface area (Å²) in [6.45, 7) is 5.72. The number of hydrazone groups is 1. The van der Waals surface area contributed by atoms with Crippen molar-refractivity contribution < 1.29 is 9.53 Å². The second-order valence-corrected chi connectivity index (χ2v) is 5.84. The molecular weight excluding hydrogens is 368 g/mol. The van der Waals surface area contributed by atoms with Crippen LogP contribution in [-0.4, -0.2) is 28.3 Å². The summed E-state index contributed by atoms with van der Waals surface area (Å²) < 4.78 is 10.1. The number of amides is 1. The zero-order valence-electron chi connectivity index (χ0n) is 11.7. The number of carbonyl (C=O) groups excluding carboxylic acids is 1. The molecule has 1 aromatic heterocycles. The summed E-state index contributed by atoms with van der Waals surface area (Å²) in [5.74, 6) is 0.309. The second-order valence-electron chi connectivity index (χ2n) is 4.17. The number of aromatic nitrogens is 2. The van der Waals surface area contributed by atoms with Gasteiger partial charge in [0, 0.05) is 10.0 Å². The van der Waals surface area contributed by atoms with E-state index < -0.39 is 0 Å². The summed E-state index contributed by atoms with van der Waals surface area (Å²) in [6.07, 6.45) is 3.18. The van der Waals surface area contributed by atoms with E-state index in [0.717, 1.165) is 21.6 Å². The molecule has 0 atom stereocenters. The van der Waals surface area contributed by atoms with Gasteiger partial charge in [-0.25, -0.2) is 5.43 Å². The lowest BCUT2D eigenvalue weighted by Gasteiger charge is -2.07. The average Bonchev–Trinajstić information content (AvgIpc) is 2.92. The SMILES string of the molecule is C=CCOc1ccc(Br)cc1/C=N/NC(=O)c1snnc1C. The molecule has 6 nitrogen and oxygen atoms in total. The summed E-state index contributed by atoms with van der Waals surface area (Å²) in [5, 5.41) is 7.73. The fraction of sp³-hybridized carbons (Fsp3) is 0.143. The topological polar surface area (TPSA) is 76.5 Å². The number of rotatable bonds is 6. The normalized spacial score (nSPS) is 10.6. The van der Waals surface area contributed by atoms with Gasteiger partial charge in [-0.2, -0.15) is 5.10 Å². The standard InChI is InChI=1S/C14H13BrN4O2S/c1-3-6-21-12-5-4-11(15)7-10(12)8-16-18-14(20)13-9(2)17-19-22-13/h3-5,7-8H,1,6H2,2H3,(H,18,20)/b16-8+. The molecule has 8 heteroatoms. The molecule has 0 aliphatic rings. The van der Waals surface area contributed by atoms with Crippen molar-refractivity contribution in [3.05, 3.63) is 51.5 Å². The number of ether oxygens (including phenoxy) is 1. The van der Waals surface area contributed by atoms with Crippen molar-refractivity contribution in [2.45, 2.75) is 6.92 Å². The summed E-state index contributed by atoms with van der Waals surface area (Å²) in [7, 11) is 0. The van der Waals surface area contributed by atoms with Gasteiger partial charge in [0.2, 0.25) is 0 Å². The number of nitrogens with zero attached hydrogens (tertiary/aromatic N) is 3. The molecule has 2 aromatic rings. The van der Waals surface area contributed by atoms with Crippen LogP contribution in [0.5, 0.6) is 5.75 Å². The highest BCUT2D eigenvalue weighted by atomic mass is 79.9. The van der Waals surface area contributed by atoms with Gasteiger partial charge in [-0.1, -0.05) is 33.1 Å². The third-order valence-corrected chi connectivity index (χ3v) is 3.88. The van der Waals surface area contributed by atoms with Gasteiger partial charge in [-0.15, -0.1) is 5.10 Å². The fourth-order valence-corrected chi connectivity index (χ4v) is 2.48. The van der Waals surface area contributed by atoms with Crippen molar-refractivity contribution in [2.24, 2.45) is 5.10 Å². The van der Waals surface area contributed by atoms with Gasteiger partial charge in [-0.3, -0.25) is 4.79 Å². The van der Waals surface area contributed by atoms with Crippen molar-refractivity contribution >= 4 is 39.6 Å². The number of hydrogen-bond acceptors (Lipinski definition) is 6. The summed E-state index contributed by atoms with van der Waals surface area (Å²) in [6, 6.07) is 5.52. The molecule has 114 valence electrons. The molecule has 0 aliphatic heterocycles. The molecule has 22 heavy (non-hydrogen) atoms. The molecule has 0 spiro atoms. The van der Waals surface area contributed by atoms with Crippen LogP contribution in [0.3, 0.4) is 0 Å². The van der Waals surface area contributed by atoms with Gasteiger partial charge in [-0.05, 0) is 36.7 Å². The maximum Gasteiger partial charge on any atom is 0.285 e. The van der Waals surface area contributed by atoms with E-state index in [1.54, 1.807) is 13.0 Å². The smallest absolute Gasteiger partial charge is 0.285 e. The van der Waals surface area contributed by atoms with E-state index >= 15 is 0 Å². The number of carbonyl (C=O) groups is 1. The Balaban J connectivity index is 2.09. The van der Waals surface area contributed by atoms with Crippen LogP contribution >= 0.6 is 27.5 Å². The Kier molecular flexibility index (Phi) is 5.79. The lowest BCUT2D eigenvalue weighted by atomic mass is 10.2. The first-order valence-corrected chi connectivity index (χ1v) is 7.84. The Morgan fingerprint density at radius 3 is 3.09 bits per heavy atom. The first kappa shape index (κ1) is 16.3. The van der Waals surface area contributed by atoms with E-state index in [9.17, 15) is 4.79 Å². The van der Waals surface area contributed by atoms with Gasteiger partial charge in [0.25, 0.3) is 5.91 Å². The molecule has 0 saturated heterocycles. The van der Waals surface area contributed by atoms with Crippen LogP contribution in [0.25, 0.3) is 0 Å². The molecule has 0 radical (unpaired) electrons. The molecule has 0 fully saturated rings. The molecular formula is C14H13BrN4O2S. The second kappa shape index (κ2) is 7.81. The van der Waals surface area contributed by atoms with E-state index in [0.29, 0.717) is 22.9 Å². The predicted octanol–water partition coefficient (Wildman–Crippen LogP) is 2.94. The first-order valence-electron chi connectivity index (χ1n) is 6.27. The lowest BCUT2D eigenvalue weighted by Crippen LogP contribution is -2.17. The average molecular weight is 381 g/mol. The van der Waals surface area contributed by atoms with E-state index in [1.807, 2.05) is 18.2 Å². The van der Waals surface area contributed by atoms with Gasteiger partial charge in [0.05, 0.1) is 11.9 Å². The van der Waals surface area contributed by atoms with Crippen molar-refractivity contribution in [3.63, 3.8) is 0 Å². The van der Waals surface area contributed by atoms with Gasteiger partial charge in [0.1, 0.15) is 17.2 Å². The van der Waals surface area contributed by atoms with E-state index in [2.05, 4.69) is 42.6 Å². The maximum absolute atomic E-state index is 11.9. The highest BCUT2D eigenvalue weighted by Gasteiger charge is 2.12. The Morgan fingerprint density at radius 2 is 2.41 bits per heavy atom. The number of benzene rings is 1. The third-order valence-electron chi connectivity index (χ3n) is 2.56. The maximum atomic E-state index is 11.9. The summed E-state index contributed by atoms with van der Waals surface area (Å²) in [4.78, 5) is 12.3. The molecule has 1 N–H and O–H groups in total. The lowest BCUT2D eigenvalue weighted by molar-refractivity contribution is 0.0958. The van der Waals surface area contributed by atoms with Crippen LogP contribution in [0, 0.1) is 6.92 Å². The zero-order chi connectivity index (χ0) is 15.9. The largest absolute Gasteiger partial charge is 0.489 e. The van der Waals surface area contributed by atoms with Crippen LogP contribution < -0.4 is 10.2 Å². The van der Waals surface area contributed by atoms with Gasteiger partial charge < -0.3 is 4.74 Å². The molecule has 0 saturated carbocycles. The van der Waals surface area contributed by atoms with E-state index in [4.69, 9.17) is 4.74 Å². The van der Waals surface area contributed by atoms with Crippen molar-refractivity contribution in [3.8, 4) is 5.75 Å². The van der Waals surface area contributed by atoms with Crippen LogP contribution in [0.2, 0.25) is 0 Å². The van der Waals surface area contributed by atoms with E-state index in [1.165, 1.54) is 6.21 Å². The molecule has 1 heterocycles. The molecule has 0 aliphatic carbocycles. The van der Waals surface area contributed by atoms with Crippen LogP contribution in [0.4, 0.5) is 0 Å². The third kappa shape index (κ3) is 4.22. The zero-order valence-corrected chi connectivity index (χ0v) is 14.1. The van der Waals surface area contributed by atoms with Crippen LogP contribution in [-0.2, 0) is 0 Å². The quantitative estimate of drug-likeness (QED) is 0.474. The number of aryl methyl sites for hydroxylation is 1. The number of nitrogens with one attached hydrogen (secondary N) is 1. The van der Waals surface area contributed by atoms with Gasteiger partial charge in [0.15, 0.2) is 0 Å². The minimum Gasteiger partial charge on any atom is -0.489 e. The number of halogens is 1. The summed E-state index contributed by atoms with van der Waals surface area (Å²) >= 11 is 4.42. The van der Waals surface area contributed by atoms with Crippen molar-refractivity contribution in [1.29, 1.82) is 0 Å². The monoisotopic (exact) mass is 380 g/mol. The van der Waals surface area contributed by atoms with Crippen molar-refractivity contribution in [1.82, 2.24) is 15.0 Å². The Hall–Kier alpha value is -2.06. The summed E-state index contributed by atoms with van der Waals surface area (Å²) in [5.41, 5.74) is 3.76. The molecule has 1 amide bonds.